The van der Waals surface area contributed by atoms with E-state index in [1.54, 1.807) is 0 Å². The molecule has 10 aromatic rings. The van der Waals surface area contributed by atoms with Gasteiger partial charge in [0.2, 0.25) is 0 Å². The highest BCUT2D eigenvalue weighted by Crippen LogP contribution is 2.63. The van der Waals surface area contributed by atoms with Gasteiger partial charge in [-0.1, -0.05) is 158 Å². The van der Waals surface area contributed by atoms with Gasteiger partial charge in [-0.25, -0.2) is 9.97 Å². The van der Waals surface area contributed by atoms with Gasteiger partial charge < -0.3 is 9.30 Å². The Bertz CT molecular complexity index is 3120. The second kappa shape index (κ2) is 12.2. The van der Waals surface area contributed by atoms with Crippen LogP contribution in [0, 0.1) is 0 Å². The average Bonchev–Trinajstić information content (AvgIpc) is 3.78. The molecule has 0 radical (unpaired) electrons. The lowest BCUT2D eigenvalue weighted by atomic mass is 9.66. The van der Waals surface area contributed by atoms with Crippen molar-refractivity contribution in [3.8, 4) is 62.2 Å². The highest BCUT2D eigenvalue weighted by Gasteiger charge is 2.51. The molecule has 4 nitrogen and oxygen atoms in total. The van der Waals surface area contributed by atoms with Crippen LogP contribution in [0.25, 0.3) is 72.5 Å². The molecule has 12 rings (SSSR count). The van der Waals surface area contributed by atoms with Crippen LogP contribution in [-0.4, -0.2) is 14.5 Å². The van der Waals surface area contributed by atoms with Gasteiger partial charge in [0, 0.05) is 44.3 Å². The maximum absolute atomic E-state index is 6.61. The lowest BCUT2D eigenvalue weighted by Crippen LogP contribution is -2.32. The van der Waals surface area contributed by atoms with Crippen LogP contribution in [0.5, 0.6) is 11.5 Å². The van der Waals surface area contributed by atoms with Crippen molar-refractivity contribution < 1.29 is 4.74 Å². The Kier molecular flexibility index (Phi) is 6.81. The Morgan fingerprint density at radius 2 is 1.02 bits per heavy atom. The summed E-state index contributed by atoms with van der Waals surface area (Å²) in [5, 5.41) is 2.47. The summed E-state index contributed by atoms with van der Waals surface area (Å²) < 4.78 is 9.04. The van der Waals surface area contributed by atoms with E-state index in [4.69, 9.17) is 14.7 Å². The fourth-order valence-electron chi connectivity index (χ4n) is 9.55. The fraction of sp³-hybridized carbons (Fsp3) is 0.0189. The minimum absolute atomic E-state index is 0.533. The predicted molar refractivity (Wildman–Crippen MR) is 230 cm³/mol. The first-order valence-corrected chi connectivity index (χ1v) is 19.4. The fourth-order valence-corrected chi connectivity index (χ4v) is 9.55. The van der Waals surface area contributed by atoms with Gasteiger partial charge in [-0.2, -0.15) is 0 Å². The number of hydrogen-bond donors (Lipinski definition) is 0. The second-order valence-corrected chi connectivity index (χ2v) is 14.9. The van der Waals surface area contributed by atoms with Crippen molar-refractivity contribution in [2.24, 2.45) is 0 Å². The Hall–Kier alpha value is -7.56. The number of aromatic nitrogens is 3. The summed E-state index contributed by atoms with van der Waals surface area (Å²) in [6.07, 6.45) is 0. The molecule has 57 heavy (non-hydrogen) atoms. The summed E-state index contributed by atoms with van der Waals surface area (Å²) in [7, 11) is 0. The smallest absolute Gasteiger partial charge is 0.160 e. The molecule has 1 aliphatic carbocycles. The number of ether oxygens (including phenoxy) is 1. The van der Waals surface area contributed by atoms with Gasteiger partial charge in [0.1, 0.15) is 11.5 Å². The van der Waals surface area contributed by atoms with E-state index in [2.05, 4.69) is 180 Å². The molecule has 8 aromatic carbocycles. The zero-order chi connectivity index (χ0) is 37.5. The van der Waals surface area contributed by atoms with Crippen LogP contribution >= 0.6 is 0 Å². The van der Waals surface area contributed by atoms with E-state index in [9.17, 15) is 0 Å². The van der Waals surface area contributed by atoms with Gasteiger partial charge in [0.05, 0.1) is 27.8 Å². The molecule has 0 saturated heterocycles. The minimum Gasteiger partial charge on any atom is -0.457 e. The zero-order valence-corrected chi connectivity index (χ0v) is 30.8. The Morgan fingerprint density at radius 1 is 0.421 bits per heavy atom. The molecule has 2 aromatic heterocycles. The SMILES string of the molecule is c1ccc(-c2cc(-c3cccc(-n4c5ccccc5c5c6c(ccc54)C4(c5ccccc5Oc5ccccc54)c4ccccc4-6)c3)nc(-c3ccccc3)n2)cc1. The van der Waals surface area contributed by atoms with E-state index in [1.165, 1.54) is 44.2 Å². The number of hydrogen-bond acceptors (Lipinski definition) is 3. The Morgan fingerprint density at radius 3 is 1.77 bits per heavy atom. The van der Waals surface area contributed by atoms with Gasteiger partial charge in [-0.15, -0.1) is 0 Å². The monoisotopic (exact) mass is 727 g/mol. The molecule has 4 heteroatoms. The van der Waals surface area contributed by atoms with Crippen LogP contribution < -0.4 is 4.74 Å². The summed E-state index contributed by atoms with van der Waals surface area (Å²) in [6.45, 7) is 0. The van der Waals surface area contributed by atoms with Gasteiger partial charge in [0.25, 0.3) is 0 Å². The number of nitrogens with zero attached hydrogens (tertiary/aromatic N) is 3. The van der Waals surface area contributed by atoms with Gasteiger partial charge >= 0.3 is 0 Å². The quantitative estimate of drug-likeness (QED) is 0.181. The molecule has 0 atom stereocenters. The summed E-state index contributed by atoms with van der Waals surface area (Å²) >= 11 is 0. The van der Waals surface area contributed by atoms with E-state index < -0.39 is 5.41 Å². The summed E-state index contributed by atoms with van der Waals surface area (Å²) in [6, 6.07) is 71.1. The highest BCUT2D eigenvalue weighted by atomic mass is 16.5. The molecular formula is C53H33N3O. The van der Waals surface area contributed by atoms with Crippen LogP contribution in [0.2, 0.25) is 0 Å². The maximum atomic E-state index is 6.61. The first-order valence-electron chi connectivity index (χ1n) is 19.4. The molecule has 0 saturated carbocycles. The van der Waals surface area contributed by atoms with Crippen molar-refractivity contribution >= 4 is 21.8 Å². The van der Waals surface area contributed by atoms with Gasteiger partial charge in [-0.3, -0.25) is 0 Å². The topological polar surface area (TPSA) is 39.9 Å². The predicted octanol–water partition coefficient (Wildman–Crippen LogP) is 13.0. The molecule has 0 N–H and O–H groups in total. The van der Waals surface area contributed by atoms with E-state index in [0.717, 1.165) is 56.3 Å². The van der Waals surface area contributed by atoms with E-state index >= 15 is 0 Å². The molecule has 0 amide bonds. The lowest BCUT2D eigenvalue weighted by molar-refractivity contribution is 0.436. The first kappa shape index (κ1) is 31.8. The largest absolute Gasteiger partial charge is 0.457 e. The number of benzene rings is 8. The lowest BCUT2D eigenvalue weighted by Gasteiger charge is -2.39. The van der Waals surface area contributed by atoms with E-state index in [1.807, 2.05) is 24.3 Å². The molecule has 2 aliphatic rings. The summed E-state index contributed by atoms with van der Waals surface area (Å²) in [5.41, 5.74) is 15.1. The van der Waals surface area contributed by atoms with Gasteiger partial charge in [-0.05, 0) is 64.7 Å². The third-order valence-corrected chi connectivity index (χ3v) is 11.9. The maximum Gasteiger partial charge on any atom is 0.160 e. The highest BCUT2D eigenvalue weighted by molar-refractivity contribution is 6.18. The van der Waals surface area contributed by atoms with Crippen LogP contribution in [0.15, 0.2) is 200 Å². The van der Waals surface area contributed by atoms with Gasteiger partial charge in [0.15, 0.2) is 5.82 Å². The van der Waals surface area contributed by atoms with E-state index in [-0.39, 0.29) is 0 Å². The summed E-state index contributed by atoms with van der Waals surface area (Å²) in [5.74, 6) is 2.50. The molecule has 0 bridgehead atoms. The van der Waals surface area contributed by atoms with Crippen molar-refractivity contribution in [2.45, 2.75) is 5.41 Å². The minimum atomic E-state index is -0.533. The second-order valence-electron chi connectivity index (χ2n) is 14.9. The van der Waals surface area contributed by atoms with Crippen molar-refractivity contribution in [1.29, 1.82) is 0 Å². The molecule has 0 unspecified atom stereocenters. The van der Waals surface area contributed by atoms with E-state index in [0.29, 0.717) is 5.82 Å². The standard InChI is InChI=1S/C53H33N3O/c1-3-16-34(17-4-1)44-33-45(55-52(54-44)35-18-5-2-6-19-35)36-20-15-21-37(32-36)56-46-27-12-8-23-39(46)51-47(56)31-30-43-50(51)38-22-7-9-24-40(38)53(43)41-25-10-13-28-48(41)57-49-29-14-11-26-42(49)53/h1-33H. The average molecular weight is 728 g/mol. The molecule has 1 aliphatic heterocycles. The number of rotatable bonds is 4. The molecular weight excluding hydrogens is 695 g/mol. The molecule has 0 fully saturated rings. The molecule has 1 spiro atoms. The van der Waals surface area contributed by atoms with Crippen LogP contribution in [0.1, 0.15) is 22.3 Å². The van der Waals surface area contributed by atoms with Crippen LogP contribution in [0.4, 0.5) is 0 Å². The van der Waals surface area contributed by atoms with Crippen molar-refractivity contribution in [2.75, 3.05) is 0 Å². The number of fused-ring (bicyclic) bond motifs is 13. The van der Waals surface area contributed by atoms with Crippen LogP contribution in [0.3, 0.4) is 0 Å². The Balaban J connectivity index is 1.11. The van der Waals surface area contributed by atoms with Crippen molar-refractivity contribution in [3.05, 3.63) is 222 Å². The Labute approximate surface area is 330 Å². The third-order valence-electron chi connectivity index (χ3n) is 11.9. The molecule has 3 heterocycles. The normalized spacial score (nSPS) is 13.2. The zero-order valence-electron chi connectivity index (χ0n) is 30.8. The first-order chi connectivity index (χ1) is 28.3. The van der Waals surface area contributed by atoms with Crippen molar-refractivity contribution in [3.63, 3.8) is 0 Å². The summed E-state index contributed by atoms with van der Waals surface area (Å²) in [4.78, 5) is 10.2. The number of para-hydroxylation sites is 3. The third kappa shape index (κ3) is 4.56. The van der Waals surface area contributed by atoms with Crippen molar-refractivity contribution in [1.82, 2.24) is 14.5 Å². The van der Waals surface area contributed by atoms with Crippen LogP contribution in [-0.2, 0) is 5.41 Å². The molecule has 266 valence electrons.